The number of amides is 1. The van der Waals surface area contributed by atoms with Crippen LogP contribution in [0.25, 0.3) is 0 Å². The molecule has 0 aromatic heterocycles. The first-order valence-electron chi connectivity index (χ1n) is 5.59. The molecule has 1 unspecified atom stereocenters. The zero-order chi connectivity index (χ0) is 12.3. The lowest BCUT2D eigenvalue weighted by molar-refractivity contribution is 0.0995. The Morgan fingerprint density at radius 3 is 3.06 bits per heavy atom. The molecule has 0 radical (unpaired) electrons. The van der Waals surface area contributed by atoms with Gasteiger partial charge in [0.05, 0.1) is 12.2 Å². The minimum absolute atomic E-state index is 0.0935. The molecule has 1 aliphatic rings. The van der Waals surface area contributed by atoms with E-state index in [1.54, 1.807) is 0 Å². The van der Waals surface area contributed by atoms with Gasteiger partial charge in [-0.15, -0.1) is 0 Å². The zero-order valence-corrected chi connectivity index (χ0v) is 9.41. The summed E-state index contributed by atoms with van der Waals surface area (Å²) in [4.78, 5) is 11.1. The van der Waals surface area contributed by atoms with Gasteiger partial charge >= 0.3 is 0 Å². The van der Waals surface area contributed by atoms with Gasteiger partial charge < -0.3 is 15.8 Å². The first-order chi connectivity index (χ1) is 8.16. The first kappa shape index (κ1) is 11.9. The molecule has 1 amide bonds. The van der Waals surface area contributed by atoms with Gasteiger partial charge in [0.2, 0.25) is 0 Å². The molecule has 0 saturated carbocycles. The average molecular weight is 238 g/mol. The van der Waals surface area contributed by atoms with Gasteiger partial charge in [-0.3, -0.25) is 4.79 Å². The number of hydrogen-bond acceptors (Lipinski definition) is 3. The number of carbonyl (C=O) groups is 1. The van der Waals surface area contributed by atoms with Gasteiger partial charge in [0.15, 0.2) is 0 Å². The van der Waals surface area contributed by atoms with Gasteiger partial charge in [-0.2, -0.15) is 0 Å². The minimum Gasteiger partial charge on any atom is -0.492 e. The molecule has 1 fully saturated rings. The SMILES string of the molecule is NC(=O)c1cc(F)ccc1OCC1CCNC1. The van der Waals surface area contributed by atoms with Crippen LogP contribution in [0.3, 0.4) is 0 Å². The summed E-state index contributed by atoms with van der Waals surface area (Å²) in [5.74, 6) is -0.385. The van der Waals surface area contributed by atoms with Crippen LogP contribution in [0.5, 0.6) is 5.75 Å². The molecule has 5 heteroatoms. The molecule has 1 saturated heterocycles. The standard InChI is InChI=1S/C12H15FN2O2/c13-9-1-2-11(10(5-9)12(14)16)17-7-8-3-4-15-6-8/h1-2,5,8,15H,3-4,6-7H2,(H2,14,16). The van der Waals surface area contributed by atoms with Gasteiger partial charge in [0, 0.05) is 12.5 Å². The third-order valence-electron chi connectivity index (χ3n) is 2.84. The highest BCUT2D eigenvalue weighted by atomic mass is 19.1. The van der Waals surface area contributed by atoms with E-state index in [1.165, 1.54) is 12.1 Å². The molecule has 0 spiro atoms. The molecular weight excluding hydrogens is 223 g/mol. The van der Waals surface area contributed by atoms with E-state index in [0.29, 0.717) is 18.3 Å². The summed E-state index contributed by atoms with van der Waals surface area (Å²) in [5, 5.41) is 3.22. The van der Waals surface area contributed by atoms with Crippen LogP contribution in [0.1, 0.15) is 16.8 Å². The predicted molar refractivity (Wildman–Crippen MR) is 61.4 cm³/mol. The minimum atomic E-state index is -0.677. The van der Waals surface area contributed by atoms with Crippen LogP contribution in [0.4, 0.5) is 4.39 Å². The van der Waals surface area contributed by atoms with E-state index in [9.17, 15) is 9.18 Å². The Morgan fingerprint density at radius 1 is 1.59 bits per heavy atom. The van der Waals surface area contributed by atoms with E-state index in [4.69, 9.17) is 10.5 Å². The van der Waals surface area contributed by atoms with E-state index in [1.807, 2.05) is 0 Å². The van der Waals surface area contributed by atoms with Crippen LogP contribution in [-0.2, 0) is 0 Å². The van der Waals surface area contributed by atoms with Gasteiger partial charge in [0.1, 0.15) is 11.6 Å². The fourth-order valence-corrected chi connectivity index (χ4v) is 1.88. The molecule has 17 heavy (non-hydrogen) atoms. The maximum absolute atomic E-state index is 13.0. The molecule has 4 nitrogen and oxygen atoms in total. The summed E-state index contributed by atoms with van der Waals surface area (Å²) in [7, 11) is 0. The molecule has 1 aliphatic heterocycles. The molecule has 92 valence electrons. The highest BCUT2D eigenvalue weighted by Crippen LogP contribution is 2.20. The second kappa shape index (κ2) is 5.14. The van der Waals surface area contributed by atoms with E-state index in [-0.39, 0.29) is 5.56 Å². The van der Waals surface area contributed by atoms with Crippen LogP contribution < -0.4 is 15.8 Å². The Hall–Kier alpha value is -1.62. The van der Waals surface area contributed by atoms with Crippen LogP contribution in [-0.4, -0.2) is 25.6 Å². The second-order valence-corrected chi connectivity index (χ2v) is 4.17. The summed E-state index contributed by atoms with van der Waals surface area (Å²) >= 11 is 0. The van der Waals surface area contributed by atoms with Crippen molar-refractivity contribution in [2.24, 2.45) is 11.7 Å². The quantitative estimate of drug-likeness (QED) is 0.819. The lowest BCUT2D eigenvalue weighted by Crippen LogP contribution is -2.18. The van der Waals surface area contributed by atoms with Crippen molar-refractivity contribution in [1.82, 2.24) is 5.32 Å². The summed E-state index contributed by atoms with van der Waals surface area (Å²) < 4.78 is 18.5. The fraction of sp³-hybridized carbons (Fsp3) is 0.417. The molecule has 0 aliphatic carbocycles. The number of nitrogens with two attached hydrogens (primary N) is 1. The predicted octanol–water partition coefficient (Wildman–Crippen LogP) is 0.913. The number of carbonyl (C=O) groups excluding carboxylic acids is 1. The Kier molecular flexibility index (Phi) is 3.58. The summed E-state index contributed by atoms with van der Waals surface area (Å²) in [6.45, 7) is 2.41. The smallest absolute Gasteiger partial charge is 0.252 e. The topological polar surface area (TPSA) is 64.4 Å². The molecule has 1 heterocycles. The summed E-state index contributed by atoms with van der Waals surface area (Å²) in [5.41, 5.74) is 5.26. The lowest BCUT2D eigenvalue weighted by Gasteiger charge is -2.13. The van der Waals surface area contributed by atoms with Crippen molar-refractivity contribution in [3.8, 4) is 5.75 Å². The summed E-state index contributed by atoms with van der Waals surface area (Å²) in [6.07, 6.45) is 1.05. The van der Waals surface area contributed by atoms with E-state index >= 15 is 0 Å². The average Bonchev–Trinajstić information content (AvgIpc) is 2.80. The highest BCUT2D eigenvalue weighted by molar-refractivity contribution is 5.95. The van der Waals surface area contributed by atoms with Crippen molar-refractivity contribution in [2.45, 2.75) is 6.42 Å². The Balaban J connectivity index is 2.06. The normalized spacial score (nSPS) is 19.2. The maximum Gasteiger partial charge on any atom is 0.252 e. The maximum atomic E-state index is 13.0. The number of rotatable bonds is 4. The monoisotopic (exact) mass is 238 g/mol. The van der Waals surface area contributed by atoms with E-state index in [2.05, 4.69) is 5.32 Å². The number of benzene rings is 1. The third kappa shape index (κ3) is 2.94. The van der Waals surface area contributed by atoms with E-state index < -0.39 is 11.7 Å². The number of nitrogens with one attached hydrogen (secondary N) is 1. The van der Waals surface area contributed by atoms with Gasteiger partial charge in [-0.05, 0) is 31.2 Å². The van der Waals surface area contributed by atoms with Gasteiger partial charge in [-0.1, -0.05) is 0 Å². The van der Waals surface area contributed by atoms with Gasteiger partial charge in [0.25, 0.3) is 5.91 Å². The van der Waals surface area contributed by atoms with Crippen molar-refractivity contribution in [1.29, 1.82) is 0 Å². The third-order valence-corrected chi connectivity index (χ3v) is 2.84. The lowest BCUT2D eigenvalue weighted by atomic mass is 10.1. The van der Waals surface area contributed by atoms with Crippen LogP contribution in [0.15, 0.2) is 18.2 Å². The van der Waals surface area contributed by atoms with Crippen LogP contribution in [0.2, 0.25) is 0 Å². The fourth-order valence-electron chi connectivity index (χ4n) is 1.88. The van der Waals surface area contributed by atoms with E-state index in [0.717, 1.165) is 25.6 Å². The number of primary amides is 1. The van der Waals surface area contributed by atoms with Gasteiger partial charge in [-0.25, -0.2) is 4.39 Å². The summed E-state index contributed by atoms with van der Waals surface area (Å²) in [6, 6.07) is 3.80. The molecule has 1 aromatic carbocycles. The van der Waals surface area contributed by atoms with Crippen molar-refractivity contribution in [2.75, 3.05) is 19.7 Å². The molecular formula is C12H15FN2O2. The molecule has 1 atom stereocenters. The molecule has 3 N–H and O–H groups in total. The van der Waals surface area contributed by atoms with Crippen LogP contribution >= 0.6 is 0 Å². The van der Waals surface area contributed by atoms with Crippen molar-refractivity contribution >= 4 is 5.91 Å². The molecule has 0 bridgehead atoms. The number of halogens is 1. The molecule has 1 aromatic rings. The number of hydrogen-bond donors (Lipinski definition) is 2. The zero-order valence-electron chi connectivity index (χ0n) is 9.41. The Bertz CT molecular complexity index is 417. The molecule has 2 rings (SSSR count). The van der Waals surface area contributed by atoms with Crippen LogP contribution in [0, 0.1) is 11.7 Å². The number of ether oxygens (including phenoxy) is 1. The van der Waals surface area contributed by atoms with Crippen molar-refractivity contribution < 1.29 is 13.9 Å². The Morgan fingerprint density at radius 2 is 2.41 bits per heavy atom. The Labute approximate surface area is 98.9 Å². The van der Waals surface area contributed by atoms with Crippen molar-refractivity contribution in [3.63, 3.8) is 0 Å². The first-order valence-corrected chi connectivity index (χ1v) is 5.59. The largest absolute Gasteiger partial charge is 0.492 e. The highest BCUT2D eigenvalue weighted by Gasteiger charge is 2.17. The van der Waals surface area contributed by atoms with Crippen molar-refractivity contribution in [3.05, 3.63) is 29.6 Å². The second-order valence-electron chi connectivity index (χ2n) is 4.17.